The molecule has 1 fully saturated rings. The molecule has 0 aliphatic carbocycles. The number of methoxy groups -OCH3 is 1. The molecule has 0 bridgehead atoms. The summed E-state index contributed by atoms with van der Waals surface area (Å²) in [5, 5.41) is 3.03. The zero-order valence-electron chi connectivity index (χ0n) is 17.7. The van der Waals surface area contributed by atoms with Crippen molar-refractivity contribution in [1.82, 2.24) is 15.2 Å². The van der Waals surface area contributed by atoms with Crippen LogP contribution in [-0.2, 0) is 17.9 Å². The van der Waals surface area contributed by atoms with Crippen LogP contribution in [0.3, 0.4) is 0 Å². The van der Waals surface area contributed by atoms with E-state index in [-0.39, 0.29) is 17.8 Å². The van der Waals surface area contributed by atoms with E-state index in [1.54, 1.807) is 12.1 Å². The van der Waals surface area contributed by atoms with Crippen LogP contribution in [0.2, 0.25) is 0 Å². The zero-order chi connectivity index (χ0) is 21.8. The Bertz CT molecular complexity index is 1050. The summed E-state index contributed by atoms with van der Waals surface area (Å²) in [5.74, 6) is 0.999. The van der Waals surface area contributed by atoms with Crippen LogP contribution in [0.1, 0.15) is 29.9 Å². The van der Waals surface area contributed by atoms with Gasteiger partial charge in [0.25, 0.3) is 0 Å². The normalized spacial score (nSPS) is 16.0. The van der Waals surface area contributed by atoms with Gasteiger partial charge in [-0.2, -0.15) is 0 Å². The van der Waals surface area contributed by atoms with Gasteiger partial charge < -0.3 is 14.5 Å². The number of benzene rings is 2. The van der Waals surface area contributed by atoms with Crippen molar-refractivity contribution in [2.75, 3.05) is 13.7 Å². The molecule has 0 spiro atoms. The summed E-state index contributed by atoms with van der Waals surface area (Å²) in [6.45, 7) is 3.80. The highest BCUT2D eigenvalue weighted by Gasteiger charge is 2.25. The van der Waals surface area contributed by atoms with Gasteiger partial charge in [0.05, 0.1) is 18.4 Å². The number of nitrogens with one attached hydrogen (secondary N) is 1. The lowest BCUT2D eigenvalue weighted by Gasteiger charge is -2.25. The van der Waals surface area contributed by atoms with Crippen molar-refractivity contribution < 1.29 is 18.3 Å². The van der Waals surface area contributed by atoms with Gasteiger partial charge in [-0.15, -0.1) is 0 Å². The Labute approximate surface area is 181 Å². The first-order chi connectivity index (χ1) is 15.0. The van der Waals surface area contributed by atoms with Gasteiger partial charge in [0, 0.05) is 38.2 Å². The van der Waals surface area contributed by atoms with Gasteiger partial charge in [-0.3, -0.25) is 9.69 Å². The maximum absolute atomic E-state index is 14.5. The lowest BCUT2D eigenvalue weighted by atomic mass is 10.1. The van der Waals surface area contributed by atoms with Crippen LogP contribution in [0.25, 0.3) is 11.5 Å². The van der Waals surface area contributed by atoms with Crippen LogP contribution in [0.5, 0.6) is 5.75 Å². The molecule has 31 heavy (non-hydrogen) atoms. The lowest BCUT2D eigenvalue weighted by Crippen LogP contribution is -2.38. The largest absolute Gasteiger partial charge is 0.497 e. The van der Waals surface area contributed by atoms with E-state index in [2.05, 4.69) is 27.3 Å². The molecule has 162 valence electrons. The molecule has 1 N–H and O–H groups in total. The molecule has 4 rings (SSSR count). The standard InChI is InChI=1S/C24H26FN3O3/c1-16-22(27-24(31-16)20-10-9-19(30-2)12-21(20)25)15-28(13-17-6-4-3-5-7-17)14-18-8-11-23(29)26-18/h3-7,9-10,12,18H,8,11,13-15H2,1-2H3,(H,26,29)/t18-/m0/s1. The van der Waals surface area contributed by atoms with Crippen molar-refractivity contribution >= 4 is 5.91 Å². The topological polar surface area (TPSA) is 67.6 Å². The zero-order valence-corrected chi connectivity index (χ0v) is 17.7. The van der Waals surface area contributed by atoms with E-state index in [9.17, 15) is 9.18 Å². The fourth-order valence-electron chi connectivity index (χ4n) is 3.85. The van der Waals surface area contributed by atoms with Crippen LogP contribution in [0.15, 0.2) is 52.9 Å². The van der Waals surface area contributed by atoms with Gasteiger partial charge in [-0.25, -0.2) is 9.37 Å². The number of nitrogens with zero attached hydrogens (tertiary/aromatic N) is 2. The number of halogens is 1. The summed E-state index contributed by atoms with van der Waals surface area (Å²) in [7, 11) is 1.50. The van der Waals surface area contributed by atoms with E-state index in [4.69, 9.17) is 9.15 Å². The van der Waals surface area contributed by atoms with Crippen LogP contribution in [-0.4, -0.2) is 35.5 Å². The molecule has 2 aromatic carbocycles. The van der Waals surface area contributed by atoms with E-state index in [0.29, 0.717) is 43.1 Å². The summed E-state index contributed by atoms with van der Waals surface area (Å²) in [4.78, 5) is 18.5. The van der Waals surface area contributed by atoms with Crippen molar-refractivity contribution in [1.29, 1.82) is 0 Å². The van der Waals surface area contributed by atoms with Crippen molar-refractivity contribution in [3.8, 4) is 17.2 Å². The number of carbonyl (C=O) groups is 1. The second kappa shape index (κ2) is 9.31. The molecule has 1 saturated heterocycles. The third-order valence-electron chi connectivity index (χ3n) is 5.49. The second-order valence-corrected chi connectivity index (χ2v) is 7.83. The molecule has 0 radical (unpaired) electrons. The van der Waals surface area contributed by atoms with Gasteiger partial charge in [0.15, 0.2) is 0 Å². The molecule has 0 unspecified atom stereocenters. The van der Waals surface area contributed by atoms with Gasteiger partial charge in [0.2, 0.25) is 11.8 Å². The Hall–Kier alpha value is -3.19. The minimum absolute atomic E-state index is 0.0968. The van der Waals surface area contributed by atoms with E-state index >= 15 is 0 Å². The average molecular weight is 423 g/mol. The highest BCUT2D eigenvalue weighted by Crippen LogP contribution is 2.28. The second-order valence-electron chi connectivity index (χ2n) is 7.83. The SMILES string of the molecule is COc1ccc(-c2nc(CN(Cc3ccccc3)C[C@@H]3CCC(=O)N3)c(C)o2)c(F)c1. The molecule has 2 heterocycles. The smallest absolute Gasteiger partial charge is 0.229 e. The first-order valence-electron chi connectivity index (χ1n) is 10.4. The Morgan fingerprint density at radius 2 is 2.03 bits per heavy atom. The number of hydrogen-bond donors (Lipinski definition) is 1. The van der Waals surface area contributed by atoms with E-state index < -0.39 is 5.82 Å². The fourth-order valence-corrected chi connectivity index (χ4v) is 3.85. The fraction of sp³-hybridized carbons (Fsp3) is 0.333. The number of aromatic nitrogens is 1. The van der Waals surface area contributed by atoms with E-state index in [1.807, 2.05) is 25.1 Å². The predicted molar refractivity (Wildman–Crippen MR) is 115 cm³/mol. The van der Waals surface area contributed by atoms with Crippen LogP contribution in [0, 0.1) is 12.7 Å². The molecule has 0 saturated carbocycles. The summed E-state index contributed by atoms with van der Waals surface area (Å²) in [6.07, 6.45) is 1.39. The van der Waals surface area contributed by atoms with E-state index in [1.165, 1.54) is 18.7 Å². The molecule has 1 aliphatic heterocycles. The van der Waals surface area contributed by atoms with Gasteiger partial charge in [-0.05, 0) is 31.0 Å². The molecular formula is C24H26FN3O3. The first kappa shape index (κ1) is 21.1. The highest BCUT2D eigenvalue weighted by molar-refractivity contribution is 5.78. The van der Waals surface area contributed by atoms with Crippen molar-refractivity contribution in [2.45, 2.75) is 38.9 Å². The number of hydrogen-bond acceptors (Lipinski definition) is 5. The minimum atomic E-state index is -0.443. The Morgan fingerprint density at radius 3 is 2.71 bits per heavy atom. The average Bonchev–Trinajstić information content (AvgIpc) is 3.33. The molecule has 1 atom stereocenters. The Morgan fingerprint density at radius 1 is 1.23 bits per heavy atom. The lowest BCUT2D eigenvalue weighted by molar-refractivity contribution is -0.119. The molecular weight excluding hydrogens is 397 g/mol. The summed E-state index contributed by atoms with van der Waals surface area (Å²) >= 11 is 0. The number of aryl methyl sites for hydroxylation is 1. The highest BCUT2D eigenvalue weighted by atomic mass is 19.1. The molecule has 3 aromatic rings. The van der Waals surface area contributed by atoms with Crippen molar-refractivity contribution in [3.05, 3.63) is 71.4 Å². The Balaban J connectivity index is 1.55. The monoisotopic (exact) mass is 423 g/mol. The maximum atomic E-state index is 14.5. The third kappa shape index (κ3) is 5.11. The first-order valence-corrected chi connectivity index (χ1v) is 10.4. The maximum Gasteiger partial charge on any atom is 0.229 e. The quantitative estimate of drug-likeness (QED) is 0.591. The number of rotatable bonds is 8. The number of amides is 1. The van der Waals surface area contributed by atoms with E-state index in [0.717, 1.165) is 12.1 Å². The van der Waals surface area contributed by atoms with Gasteiger partial charge in [0.1, 0.15) is 17.3 Å². The number of ether oxygens (including phenoxy) is 1. The number of carbonyl (C=O) groups excluding carboxylic acids is 1. The van der Waals surface area contributed by atoms with Crippen LogP contribution >= 0.6 is 0 Å². The molecule has 1 amide bonds. The van der Waals surface area contributed by atoms with Gasteiger partial charge in [-0.1, -0.05) is 30.3 Å². The molecule has 1 aliphatic rings. The molecule has 6 nitrogen and oxygen atoms in total. The molecule has 7 heteroatoms. The summed E-state index contributed by atoms with van der Waals surface area (Å²) < 4.78 is 25.4. The predicted octanol–water partition coefficient (Wildman–Crippen LogP) is 4.08. The molecule has 1 aromatic heterocycles. The third-order valence-corrected chi connectivity index (χ3v) is 5.49. The number of oxazole rings is 1. The van der Waals surface area contributed by atoms with Crippen LogP contribution in [0.4, 0.5) is 4.39 Å². The van der Waals surface area contributed by atoms with Gasteiger partial charge >= 0.3 is 0 Å². The van der Waals surface area contributed by atoms with Crippen LogP contribution < -0.4 is 10.1 Å². The van der Waals surface area contributed by atoms with Crippen molar-refractivity contribution in [3.63, 3.8) is 0 Å². The summed E-state index contributed by atoms with van der Waals surface area (Å²) in [5.41, 5.74) is 2.23. The minimum Gasteiger partial charge on any atom is -0.497 e. The Kier molecular flexibility index (Phi) is 6.32. The summed E-state index contributed by atoms with van der Waals surface area (Å²) in [6, 6.07) is 14.9. The van der Waals surface area contributed by atoms with Crippen molar-refractivity contribution in [2.24, 2.45) is 0 Å².